The second-order valence-corrected chi connectivity index (χ2v) is 7.34. The van der Waals surface area contributed by atoms with Crippen molar-refractivity contribution in [2.45, 2.75) is 32.2 Å². The van der Waals surface area contributed by atoms with Crippen molar-refractivity contribution in [2.75, 3.05) is 37.6 Å². The number of nitriles is 1. The molecular weight excluding hydrogens is 300 g/mol. The van der Waals surface area contributed by atoms with Gasteiger partial charge >= 0.3 is 0 Å². The number of aryl methyl sites for hydroxylation is 1. The van der Waals surface area contributed by atoms with E-state index < -0.39 is 5.54 Å². The fourth-order valence-corrected chi connectivity index (χ4v) is 3.60. The molecule has 2 N–H and O–H groups in total. The summed E-state index contributed by atoms with van der Waals surface area (Å²) in [6.07, 6.45) is 2.10. The third-order valence-electron chi connectivity index (χ3n) is 5.36. The van der Waals surface area contributed by atoms with Crippen LogP contribution in [0.5, 0.6) is 0 Å². The van der Waals surface area contributed by atoms with Gasteiger partial charge in [0.05, 0.1) is 32.2 Å². The Labute approximate surface area is 144 Å². The molecule has 1 aliphatic carbocycles. The van der Waals surface area contributed by atoms with Crippen molar-refractivity contribution < 1.29 is 9.69 Å². The highest BCUT2D eigenvalue weighted by atomic mass is 16.2. The van der Waals surface area contributed by atoms with Gasteiger partial charge in [-0.25, -0.2) is 0 Å². The van der Waals surface area contributed by atoms with Gasteiger partial charge in [0.15, 0.2) is 6.54 Å². The molecule has 128 valence electrons. The number of benzene rings is 1. The van der Waals surface area contributed by atoms with E-state index in [1.807, 2.05) is 6.92 Å². The zero-order valence-electron chi connectivity index (χ0n) is 14.6. The molecule has 1 aliphatic heterocycles. The molecule has 0 spiro atoms. The van der Waals surface area contributed by atoms with Gasteiger partial charge in [0.1, 0.15) is 5.54 Å². The van der Waals surface area contributed by atoms with E-state index in [-0.39, 0.29) is 5.91 Å². The van der Waals surface area contributed by atoms with Crippen molar-refractivity contribution in [2.24, 2.45) is 5.92 Å². The van der Waals surface area contributed by atoms with Gasteiger partial charge in [0.2, 0.25) is 0 Å². The van der Waals surface area contributed by atoms with Gasteiger partial charge in [0, 0.05) is 5.69 Å². The van der Waals surface area contributed by atoms with Gasteiger partial charge in [-0.05, 0) is 44.2 Å². The Morgan fingerprint density at radius 2 is 2.04 bits per heavy atom. The summed E-state index contributed by atoms with van der Waals surface area (Å²) in [6.45, 7) is 8.29. The maximum atomic E-state index is 12.3. The quantitative estimate of drug-likeness (QED) is 0.828. The minimum atomic E-state index is -0.681. The molecule has 0 radical (unpaired) electrons. The van der Waals surface area contributed by atoms with Crippen LogP contribution in [0.25, 0.3) is 0 Å². The average molecular weight is 327 g/mol. The molecule has 2 aliphatic rings. The minimum absolute atomic E-state index is 0.00490. The third-order valence-corrected chi connectivity index (χ3v) is 5.36. The Morgan fingerprint density at radius 3 is 2.62 bits per heavy atom. The summed E-state index contributed by atoms with van der Waals surface area (Å²) in [7, 11) is 0. The molecule has 0 bridgehead atoms. The highest BCUT2D eigenvalue weighted by Crippen LogP contribution is 2.39. The number of carbonyl (C=O) groups excluding carboxylic acids is 1. The van der Waals surface area contributed by atoms with Crippen LogP contribution in [0.4, 0.5) is 5.69 Å². The van der Waals surface area contributed by atoms with Crippen molar-refractivity contribution in [3.63, 3.8) is 0 Å². The first kappa shape index (κ1) is 16.8. The van der Waals surface area contributed by atoms with Crippen LogP contribution < -0.4 is 15.1 Å². The van der Waals surface area contributed by atoms with Gasteiger partial charge in [-0.3, -0.25) is 4.79 Å². The Kier molecular flexibility index (Phi) is 4.77. The van der Waals surface area contributed by atoms with E-state index in [0.717, 1.165) is 39.0 Å². The van der Waals surface area contributed by atoms with Gasteiger partial charge in [-0.1, -0.05) is 18.2 Å². The summed E-state index contributed by atoms with van der Waals surface area (Å²) < 4.78 is 0. The SMILES string of the molecule is Cc1ccccc1N1CC[NH+](CC(=O)N[C@](C)(C#N)C2CC2)CC1. The standard InChI is InChI=1S/C19H26N4O/c1-15-5-3-4-6-17(15)23-11-9-22(10-12-23)13-18(24)21-19(2,14-20)16-7-8-16/h3-6,16H,7-13H2,1-2H3,(H,21,24)/p+1/t19-/m1/s1. The van der Waals surface area contributed by atoms with E-state index in [1.54, 1.807) is 0 Å². The lowest BCUT2D eigenvalue weighted by molar-refractivity contribution is -0.892. The summed E-state index contributed by atoms with van der Waals surface area (Å²) >= 11 is 0. The monoisotopic (exact) mass is 327 g/mol. The van der Waals surface area contributed by atoms with Crippen molar-refractivity contribution >= 4 is 11.6 Å². The lowest BCUT2D eigenvalue weighted by Crippen LogP contribution is -3.16. The third kappa shape index (κ3) is 3.70. The van der Waals surface area contributed by atoms with E-state index in [1.165, 1.54) is 16.2 Å². The van der Waals surface area contributed by atoms with Crippen LogP contribution in [0.2, 0.25) is 0 Å². The van der Waals surface area contributed by atoms with Gasteiger partial charge in [-0.2, -0.15) is 5.26 Å². The average Bonchev–Trinajstić information content (AvgIpc) is 3.41. The first-order chi connectivity index (χ1) is 11.5. The Morgan fingerprint density at radius 1 is 1.38 bits per heavy atom. The number of rotatable bonds is 5. The lowest BCUT2D eigenvalue weighted by Gasteiger charge is -2.34. The molecule has 1 aromatic carbocycles. The number of nitrogens with one attached hydrogen (secondary N) is 2. The molecule has 1 heterocycles. The van der Waals surface area contributed by atoms with Crippen LogP contribution in [-0.4, -0.2) is 44.2 Å². The molecule has 1 aromatic rings. The fourth-order valence-electron chi connectivity index (χ4n) is 3.60. The number of quaternary nitrogens is 1. The lowest BCUT2D eigenvalue weighted by atomic mass is 9.98. The van der Waals surface area contributed by atoms with E-state index in [0.29, 0.717) is 12.5 Å². The molecule has 5 nitrogen and oxygen atoms in total. The van der Waals surface area contributed by atoms with Gasteiger partial charge in [0.25, 0.3) is 5.91 Å². The molecule has 1 saturated carbocycles. The molecular formula is C19H27N4O+. The molecule has 0 aromatic heterocycles. The molecule has 0 unspecified atom stereocenters. The Hall–Kier alpha value is -2.06. The summed E-state index contributed by atoms with van der Waals surface area (Å²) in [6, 6.07) is 10.7. The number of hydrogen-bond acceptors (Lipinski definition) is 3. The predicted molar refractivity (Wildman–Crippen MR) is 93.8 cm³/mol. The van der Waals surface area contributed by atoms with Crippen LogP contribution in [-0.2, 0) is 4.79 Å². The van der Waals surface area contributed by atoms with E-state index >= 15 is 0 Å². The number of piperazine rings is 1. The summed E-state index contributed by atoms with van der Waals surface area (Å²) in [5.74, 6) is 0.338. The largest absolute Gasteiger partial charge is 0.360 e. The Balaban J connectivity index is 1.50. The number of nitrogens with zero attached hydrogens (tertiary/aromatic N) is 2. The molecule has 1 amide bonds. The van der Waals surface area contributed by atoms with Crippen molar-refractivity contribution in [3.8, 4) is 6.07 Å². The second kappa shape index (κ2) is 6.82. The maximum Gasteiger partial charge on any atom is 0.276 e. The number of amides is 1. The maximum absolute atomic E-state index is 12.3. The molecule has 5 heteroatoms. The first-order valence-electron chi connectivity index (χ1n) is 8.88. The topological polar surface area (TPSA) is 60.6 Å². The zero-order chi connectivity index (χ0) is 17.2. The highest BCUT2D eigenvalue weighted by molar-refractivity contribution is 5.78. The molecule has 1 atom stereocenters. The summed E-state index contributed by atoms with van der Waals surface area (Å²) in [5.41, 5.74) is 1.92. The highest BCUT2D eigenvalue weighted by Gasteiger charge is 2.43. The van der Waals surface area contributed by atoms with Gasteiger partial charge < -0.3 is 15.1 Å². The second-order valence-electron chi connectivity index (χ2n) is 7.34. The number of carbonyl (C=O) groups is 1. The number of hydrogen-bond donors (Lipinski definition) is 2. The van der Waals surface area contributed by atoms with Crippen molar-refractivity contribution in [1.29, 1.82) is 5.26 Å². The van der Waals surface area contributed by atoms with E-state index in [9.17, 15) is 10.1 Å². The zero-order valence-corrected chi connectivity index (χ0v) is 14.6. The van der Waals surface area contributed by atoms with E-state index in [2.05, 4.69) is 47.5 Å². The minimum Gasteiger partial charge on any atom is -0.360 e. The molecule has 2 fully saturated rings. The molecule has 24 heavy (non-hydrogen) atoms. The summed E-state index contributed by atoms with van der Waals surface area (Å²) in [4.78, 5) is 16.0. The Bertz CT molecular complexity index is 641. The van der Waals surface area contributed by atoms with Crippen LogP contribution in [0, 0.1) is 24.2 Å². The molecule has 1 saturated heterocycles. The van der Waals surface area contributed by atoms with Crippen LogP contribution in [0.1, 0.15) is 25.3 Å². The van der Waals surface area contributed by atoms with Crippen molar-refractivity contribution in [3.05, 3.63) is 29.8 Å². The fraction of sp³-hybridized carbons (Fsp3) is 0.579. The summed E-state index contributed by atoms with van der Waals surface area (Å²) in [5, 5.41) is 12.3. The first-order valence-corrected chi connectivity index (χ1v) is 8.88. The van der Waals surface area contributed by atoms with E-state index in [4.69, 9.17) is 0 Å². The van der Waals surface area contributed by atoms with Crippen LogP contribution >= 0.6 is 0 Å². The van der Waals surface area contributed by atoms with Crippen LogP contribution in [0.3, 0.4) is 0 Å². The van der Waals surface area contributed by atoms with Gasteiger partial charge in [-0.15, -0.1) is 0 Å². The number of para-hydroxylation sites is 1. The predicted octanol–water partition coefficient (Wildman–Crippen LogP) is 0.508. The van der Waals surface area contributed by atoms with Crippen molar-refractivity contribution in [1.82, 2.24) is 5.32 Å². The molecule has 3 rings (SSSR count). The normalized spacial score (nSPS) is 21.0. The smallest absolute Gasteiger partial charge is 0.276 e. The van der Waals surface area contributed by atoms with Crippen LogP contribution in [0.15, 0.2) is 24.3 Å². The number of anilines is 1.